The monoisotopic (exact) mass is 218 g/mol. The topological polar surface area (TPSA) is 43.6 Å². The number of hydrogen-bond acceptors (Lipinski definition) is 2. The van der Waals surface area contributed by atoms with Crippen molar-refractivity contribution in [1.29, 1.82) is 0 Å². The zero-order chi connectivity index (χ0) is 8.59. The number of nitroso groups, excluding NO2 is 1. The summed E-state index contributed by atoms with van der Waals surface area (Å²) in [6, 6.07) is 0. The quantitative estimate of drug-likeness (QED) is 0.341. The molecule has 11 heavy (non-hydrogen) atoms. The summed E-state index contributed by atoms with van der Waals surface area (Å²) in [6.07, 6.45) is 0. The lowest BCUT2D eigenvalue weighted by molar-refractivity contribution is -0.775. The van der Waals surface area contributed by atoms with Crippen molar-refractivity contribution in [3.8, 4) is 0 Å². The van der Waals surface area contributed by atoms with Crippen molar-refractivity contribution in [3.63, 3.8) is 0 Å². The fourth-order valence-electron chi connectivity index (χ4n) is 0.565. The van der Waals surface area contributed by atoms with Gasteiger partial charge in [-0.3, -0.25) is 4.79 Å². The summed E-state index contributed by atoms with van der Waals surface area (Å²) < 4.78 is 0.959. The summed E-state index contributed by atoms with van der Waals surface area (Å²) in [5, 5.41) is -0.879. The summed E-state index contributed by atoms with van der Waals surface area (Å²) in [5.74, 6) is -0.680. The fourth-order valence-corrected chi connectivity index (χ4v) is 1.35. The van der Waals surface area contributed by atoms with E-state index in [0.717, 1.165) is 0 Å². The SMILES string of the molecule is O=C1C(Cl)CN(Cl)[N+](=O)N1Cl. The summed E-state index contributed by atoms with van der Waals surface area (Å²) in [5.41, 5.74) is 0. The summed E-state index contributed by atoms with van der Waals surface area (Å²) in [4.78, 5) is 21.5. The number of halogens is 3. The zero-order valence-electron chi connectivity index (χ0n) is 5.08. The van der Waals surface area contributed by atoms with Crippen molar-refractivity contribution in [3.05, 3.63) is 4.91 Å². The van der Waals surface area contributed by atoms with Gasteiger partial charge in [0.05, 0.1) is 33.0 Å². The van der Waals surface area contributed by atoms with Crippen molar-refractivity contribution in [2.45, 2.75) is 5.38 Å². The molecule has 1 fully saturated rings. The van der Waals surface area contributed by atoms with Gasteiger partial charge in [0.1, 0.15) is 11.9 Å². The lowest BCUT2D eigenvalue weighted by Gasteiger charge is -2.17. The smallest absolute Gasteiger partial charge is 0.265 e. The van der Waals surface area contributed by atoms with E-state index in [0.29, 0.717) is 4.53 Å². The Kier molecular flexibility index (Phi) is 2.41. The Morgan fingerprint density at radius 2 is 2.09 bits per heavy atom. The summed E-state index contributed by atoms with van der Waals surface area (Å²) >= 11 is 16.0. The standard InChI is InChI=1S/C3H3Cl3N3O2/c4-2-1-7(5)9(11)8(6)3(2)10/h2H,1H2/q+1. The molecule has 1 atom stereocenters. The maximum Gasteiger partial charge on any atom is 0.324 e. The number of carbonyl (C=O) groups excluding carboxylic acids is 1. The minimum atomic E-state index is -0.879. The van der Waals surface area contributed by atoms with Crippen LogP contribution in [0.15, 0.2) is 0 Å². The van der Waals surface area contributed by atoms with E-state index in [1.54, 1.807) is 0 Å². The average Bonchev–Trinajstić information content (AvgIpc) is 1.97. The largest absolute Gasteiger partial charge is 0.324 e. The fraction of sp³-hybridized carbons (Fsp3) is 0.667. The van der Waals surface area contributed by atoms with E-state index in [1.165, 1.54) is 0 Å². The van der Waals surface area contributed by atoms with Crippen LogP contribution in [0.3, 0.4) is 0 Å². The van der Waals surface area contributed by atoms with Gasteiger partial charge in [-0.05, 0) is 4.53 Å². The summed E-state index contributed by atoms with van der Waals surface area (Å²) in [7, 11) is 0. The van der Waals surface area contributed by atoms with Crippen molar-refractivity contribution in [2.75, 3.05) is 6.54 Å². The summed E-state index contributed by atoms with van der Waals surface area (Å²) in [6.45, 7) is -0.0608. The molecule has 0 radical (unpaired) electrons. The second-order valence-corrected chi connectivity index (χ2v) is 3.08. The number of nitrogens with zero attached hydrogens (tertiary/aromatic N) is 3. The lowest BCUT2D eigenvalue weighted by Crippen LogP contribution is -2.51. The van der Waals surface area contributed by atoms with Crippen LogP contribution < -0.4 is 0 Å². The average molecular weight is 219 g/mol. The predicted octanol–water partition coefficient (Wildman–Crippen LogP) is 0.654. The molecule has 1 rings (SSSR count). The molecule has 1 amide bonds. The van der Waals surface area contributed by atoms with Crippen LogP contribution in [0.25, 0.3) is 0 Å². The van der Waals surface area contributed by atoms with Gasteiger partial charge in [0.2, 0.25) is 0 Å². The van der Waals surface area contributed by atoms with Crippen LogP contribution in [0.5, 0.6) is 0 Å². The maximum atomic E-state index is 10.8. The molecular weight excluding hydrogens is 216 g/mol. The highest BCUT2D eigenvalue weighted by Crippen LogP contribution is 2.16. The third-order valence-corrected chi connectivity index (χ3v) is 1.98. The highest BCUT2D eigenvalue weighted by molar-refractivity contribution is 6.35. The molecule has 0 saturated carbocycles. The first-order chi connectivity index (χ1) is 5.04. The number of carbonyl (C=O) groups is 1. The van der Waals surface area contributed by atoms with Gasteiger partial charge in [-0.2, -0.15) is 0 Å². The molecule has 5 nitrogen and oxygen atoms in total. The van der Waals surface area contributed by atoms with Crippen LogP contribution in [-0.2, 0) is 4.79 Å². The van der Waals surface area contributed by atoms with Crippen molar-refractivity contribution in [2.24, 2.45) is 0 Å². The van der Waals surface area contributed by atoms with Crippen LogP contribution in [0.4, 0.5) is 0 Å². The van der Waals surface area contributed by atoms with Crippen LogP contribution >= 0.6 is 35.2 Å². The van der Waals surface area contributed by atoms with Gasteiger partial charge in [-0.15, -0.1) is 11.6 Å². The minimum Gasteiger partial charge on any atom is -0.265 e. The molecule has 0 spiro atoms. The Balaban J connectivity index is 2.79. The van der Waals surface area contributed by atoms with Gasteiger partial charge >= 0.3 is 5.91 Å². The molecule has 1 aliphatic heterocycles. The molecule has 0 aromatic carbocycles. The van der Waals surface area contributed by atoms with E-state index in [4.69, 9.17) is 35.2 Å². The first-order valence-electron chi connectivity index (χ1n) is 2.58. The van der Waals surface area contributed by atoms with E-state index in [1.807, 2.05) is 0 Å². The molecule has 1 saturated heterocycles. The first-order valence-corrected chi connectivity index (χ1v) is 3.69. The van der Waals surface area contributed by atoms with E-state index in [2.05, 4.69) is 0 Å². The molecule has 1 unspecified atom stereocenters. The Morgan fingerprint density at radius 1 is 1.55 bits per heavy atom. The predicted molar refractivity (Wildman–Crippen MR) is 38.5 cm³/mol. The molecule has 1 heterocycles. The Hall–Kier alpha value is -0.260. The van der Waals surface area contributed by atoms with Gasteiger partial charge in [0.25, 0.3) is 4.98 Å². The molecule has 0 aliphatic carbocycles. The highest BCUT2D eigenvalue weighted by atomic mass is 35.5. The van der Waals surface area contributed by atoms with E-state index >= 15 is 0 Å². The molecule has 0 bridgehead atoms. The van der Waals surface area contributed by atoms with E-state index < -0.39 is 11.3 Å². The van der Waals surface area contributed by atoms with Crippen LogP contribution in [-0.4, -0.2) is 31.9 Å². The van der Waals surface area contributed by atoms with Crippen LogP contribution in [0.2, 0.25) is 0 Å². The van der Waals surface area contributed by atoms with Crippen molar-refractivity contribution >= 4 is 41.1 Å². The first kappa shape index (κ1) is 8.83. The van der Waals surface area contributed by atoms with Crippen LogP contribution in [0.1, 0.15) is 0 Å². The van der Waals surface area contributed by atoms with E-state index in [-0.39, 0.29) is 16.1 Å². The molecular formula is C3H3Cl3N3O2+. The second-order valence-electron chi connectivity index (χ2n) is 1.84. The third-order valence-electron chi connectivity index (χ3n) is 1.10. The van der Waals surface area contributed by atoms with Crippen molar-refractivity contribution < 1.29 is 9.77 Å². The number of hydrogen-bond donors (Lipinski definition) is 0. The Labute approximate surface area is 77.1 Å². The Bertz CT molecular complexity index is 190. The minimum absolute atomic E-state index is 0.0182. The van der Waals surface area contributed by atoms with Gasteiger partial charge in [-0.1, -0.05) is 0 Å². The molecule has 0 aromatic rings. The number of hydrazine groups is 2. The molecule has 1 aliphatic rings. The van der Waals surface area contributed by atoms with E-state index in [9.17, 15) is 9.70 Å². The maximum absolute atomic E-state index is 10.8. The van der Waals surface area contributed by atoms with Gasteiger partial charge < -0.3 is 0 Å². The van der Waals surface area contributed by atoms with Gasteiger partial charge in [0.15, 0.2) is 0 Å². The number of amides is 1. The lowest BCUT2D eigenvalue weighted by atomic mass is 10.4. The van der Waals surface area contributed by atoms with Gasteiger partial charge in [-0.25, -0.2) is 0 Å². The zero-order valence-corrected chi connectivity index (χ0v) is 7.34. The van der Waals surface area contributed by atoms with Crippen LogP contribution in [0, 0.1) is 4.91 Å². The number of rotatable bonds is 0. The molecule has 62 valence electrons. The number of alkyl halides is 1. The van der Waals surface area contributed by atoms with Crippen molar-refractivity contribution in [1.82, 2.24) is 9.06 Å². The second kappa shape index (κ2) is 3.00. The third kappa shape index (κ3) is 1.50. The molecule has 8 heteroatoms. The highest BCUT2D eigenvalue weighted by Gasteiger charge is 2.45. The normalized spacial score (nSPS) is 26.3. The van der Waals surface area contributed by atoms with Gasteiger partial charge in [0, 0.05) is 0 Å². The molecule has 0 aromatic heterocycles. The molecule has 0 N–H and O–H groups in total. The Morgan fingerprint density at radius 3 is 2.64 bits per heavy atom.